The van der Waals surface area contributed by atoms with Crippen molar-refractivity contribution in [2.75, 3.05) is 32.8 Å². The largest absolute Gasteiger partial charge is 0.480 e. The molecule has 5 atom stereocenters. The number of primary amides is 1. The van der Waals surface area contributed by atoms with Gasteiger partial charge in [-0.1, -0.05) is 0 Å². The van der Waals surface area contributed by atoms with Crippen LogP contribution in [-0.2, 0) is 33.6 Å². The number of aliphatic imine (C=N–C) groups is 1. The highest BCUT2D eigenvalue weighted by molar-refractivity contribution is 5.96. The second-order valence-electron chi connectivity index (χ2n) is 10.5. The number of hydrogen-bond acceptors (Lipinski definition) is 10. The Bertz CT molecular complexity index is 1130. The first kappa shape index (κ1) is 35.7. The van der Waals surface area contributed by atoms with Gasteiger partial charge in [0.1, 0.15) is 24.2 Å². The highest BCUT2D eigenvalue weighted by Crippen LogP contribution is 2.20. The monoisotopic (exact) mass is 626 g/mol. The molecule has 0 aromatic heterocycles. The van der Waals surface area contributed by atoms with Crippen LogP contribution < -0.4 is 38.9 Å². The number of aliphatic carboxylic acids is 1. The average Bonchev–Trinajstić information content (AvgIpc) is 3.65. The van der Waals surface area contributed by atoms with Crippen LogP contribution in [0, 0.1) is 0 Å². The Morgan fingerprint density at radius 2 is 1.45 bits per heavy atom. The Kier molecular flexibility index (Phi) is 13.7. The lowest BCUT2D eigenvalue weighted by Crippen LogP contribution is -2.57. The number of nitrogens with two attached hydrogens (primary N) is 4. The maximum Gasteiger partial charge on any atom is 0.326 e. The molecular weight excluding hydrogens is 584 g/mol. The molecule has 0 spiro atoms. The van der Waals surface area contributed by atoms with E-state index in [1.165, 1.54) is 4.90 Å². The van der Waals surface area contributed by atoms with E-state index < -0.39 is 84.8 Å². The summed E-state index contributed by atoms with van der Waals surface area (Å²) in [6, 6.07) is -5.85. The lowest BCUT2D eigenvalue weighted by molar-refractivity contribution is -0.145. The van der Waals surface area contributed by atoms with Crippen molar-refractivity contribution in [2.24, 2.45) is 27.9 Å². The molecule has 0 aliphatic carbocycles. The maximum atomic E-state index is 13.2. The van der Waals surface area contributed by atoms with E-state index >= 15 is 0 Å². The summed E-state index contributed by atoms with van der Waals surface area (Å²) in [5.74, 6) is -5.75. The molecule has 0 unspecified atom stereocenters. The second-order valence-corrected chi connectivity index (χ2v) is 10.5. The van der Waals surface area contributed by atoms with Crippen LogP contribution in [-0.4, -0.2) is 130 Å². The summed E-state index contributed by atoms with van der Waals surface area (Å²) in [7, 11) is 0. The lowest BCUT2D eigenvalue weighted by Gasteiger charge is -2.29. The van der Waals surface area contributed by atoms with Gasteiger partial charge in [-0.25, -0.2) is 4.79 Å². The van der Waals surface area contributed by atoms with Gasteiger partial charge in [0.25, 0.3) is 0 Å². The van der Waals surface area contributed by atoms with Crippen LogP contribution in [0.2, 0.25) is 0 Å². The molecule has 19 nitrogen and oxygen atoms in total. The second kappa shape index (κ2) is 16.9. The third-order valence-electron chi connectivity index (χ3n) is 7.21. The summed E-state index contributed by atoms with van der Waals surface area (Å²) in [4.78, 5) is 92.8. The van der Waals surface area contributed by atoms with Gasteiger partial charge in [-0.15, -0.1) is 0 Å². The minimum atomic E-state index is -1.45. The average molecular weight is 627 g/mol. The minimum absolute atomic E-state index is 0.0342. The molecule has 0 aromatic carbocycles. The Labute approximate surface area is 253 Å². The molecule has 6 amide bonds. The molecule has 0 saturated carbocycles. The van der Waals surface area contributed by atoms with Crippen LogP contribution in [0.15, 0.2) is 4.99 Å². The zero-order valence-corrected chi connectivity index (χ0v) is 24.3. The minimum Gasteiger partial charge on any atom is -0.480 e. The van der Waals surface area contributed by atoms with Crippen LogP contribution >= 0.6 is 0 Å². The van der Waals surface area contributed by atoms with Gasteiger partial charge >= 0.3 is 5.97 Å². The number of likely N-dealkylation sites (tertiary alicyclic amines) is 2. The van der Waals surface area contributed by atoms with E-state index in [1.807, 2.05) is 0 Å². The molecule has 0 radical (unpaired) electrons. The number of carboxylic acids is 1. The molecule has 2 heterocycles. The summed E-state index contributed by atoms with van der Waals surface area (Å²) >= 11 is 0. The van der Waals surface area contributed by atoms with Gasteiger partial charge in [-0.3, -0.25) is 33.8 Å². The fourth-order valence-electron chi connectivity index (χ4n) is 5.07. The number of hydrogen-bond donors (Lipinski definition) is 9. The summed E-state index contributed by atoms with van der Waals surface area (Å²) in [6.07, 6.45) is 1.38. The molecule has 246 valence electrons. The predicted molar refractivity (Wildman–Crippen MR) is 153 cm³/mol. The molecule has 44 heavy (non-hydrogen) atoms. The number of carbonyl (C=O) groups excluding carboxylic acids is 6. The van der Waals surface area contributed by atoms with Crippen molar-refractivity contribution in [1.29, 1.82) is 0 Å². The number of nitrogens with one attached hydrogen (secondary N) is 3. The van der Waals surface area contributed by atoms with Crippen molar-refractivity contribution >= 4 is 47.4 Å². The number of carbonyl (C=O) groups is 7. The normalized spacial score (nSPS) is 19.8. The van der Waals surface area contributed by atoms with Gasteiger partial charge in [0.15, 0.2) is 5.96 Å². The van der Waals surface area contributed by atoms with Crippen molar-refractivity contribution in [3.05, 3.63) is 0 Å². The first-order chi connectivity index (χ1) is 20.8. The van der Waals surface area contributed by atoms with Gasteiger partial charge in [-0.2, -0.15) is 0 Å². The first-order valence-corrected chi connectivity index (χ1v) is 14.2. The predicted octanol–water partition coefficient (Wildman–Crippen LogP) is -5.61. The molecule has 0 bridgehead atoms. The number of carboxylic acid groups (broad SMARTS) is 1. The van der Waals surface area contributed by atoms with E-state index in [4.69, 9.17) is 22.9 Å². The first-order valence-electron chi connectivity index (χ1n) is 14.2. The summed E-state index contributed by atoms with van der Waals surface area (Å²) in [5.41, 5.74) is 21.3. The smallest absolute Gasteiger partial charge is 0.326 e. The lowest BCUT2D eigenvalue weighted by atomic mass is 10.1. The quantitative estimate of drug-likeness (QED) is 0.0440. The number of rotatable bonds is 16. The number of aliphatic hydroxyl groups excluding tert-OH is 1. The third kappa shape index (κ3) is 10.3. The van der Waals surface area contributed by atoms with Crippen molar-refractivity contribution < 1.29 is 43.8 Å². The van der Waals surface area contributed by atoms with Gasteiger partial charge in [0, 0.05) is 19.6 Å². The number of nitrogens with zero attached hydrogens (tertiary/aromatic N) is 3. The summed E-state index contributed by atoms with van der Waals surface area (Å²) in [5, 5.41) is 26.4. The maximum absolute atomic E-state index is 13.2. The molecule has 2 aliphatic rings. The Hall–Kier alpha value is -4.52. The third-order valence-corrected chi connectivity index (χ3v) is 7.21. The van der Waals surface area contributed by atoms with E-state index in [2.05, 4.69) is 20.9 Å². The van der Waals surface area contributed by atoms with Crippen LogP contribution in [0.25, 0.3) is 0 Å². The zero-order valence-electron chi connectivity index (χ0n) is 24.3. The Morgan fingerprint density at radius 3 is 2.00 bits per heavy atom. The van der Waals surface area contributed by atoms with Crippen LogP contribution in [0.1, 0.15) is 44.9 Å². The molecule has 0 aromatic rings. The highest BCUT2D eigenvalue weighted by Gasteiger charge is 2.39. The van der Waals surface area contributed by atoms with E-state index in [0.29, 0.717) is 19.3 Å². The summed E-state index contributed by atoms with van der Waals surface area (Å²) < 4.78 is 0. The fourth-order valence-corrected chi connectivity index (χ4v) is 5.07. The molecular formula is C25H42N10O9. The Balaban J connectivity index is 1.93. The number of aliphatic hydroxyl groups is 1. The summed E-state index contributed by atoms with van der Waals surface area (Å²) in [6.45, 7) is -0.873. The van der Waals surface area contributed by atoms with Gasteiger partial charge in [0.2, 0.25) is 35.4 Å². The van der Waals surface area contributed by atoms with Gasteiger partial charge < -0.3 is 58.9 Å². The van der Waals surface area contributed by atoms with Crippen molar-refractivity contribution in [3.63, 3.8) is 0 Å². The Morgan fingerprint density at radius 1 is 0.864 bits per heavy atom. The van der Waals surface area contributed by atoms with E-state index in [-0.39, 0.29) is 51.3 Å². The molecule has 2 saturated heterocycles. The SMILES string of the molecule is NC(=O)C[C@H](N)C(=O)N1CCC[C@H]1C(=O)NCC(=O)N[C@@H](CO)C(=O)N1CCC[C@H]1C(=O)N[C@@H](CCCN=C(N)N)C(=O)O. The van der Waals surface area contributed by atoms with Gasteiger partial charge in [0.05, 0.1) is 25.6 Å². The standard InChI is InChI=1S/C25H42N10O9/c26-13(10-18(27)37)22(41)34-8-2-5-16(34)20(39)31-11-19(38)32-15(12-36)23(42)35-9-3-6-17(35)21(40)33-14(24(43)44)4-1-7-30-25(28)29/h13-17,36H,1-12,26H2,(H2,27,37)(H,31,39)(H,32,38)(H,33,40)(H,43,44)(H4,28,29,30)/t13-,14-,15-,16-,17-/m0/s1. The molecule has 2 aliphatic heterocycles. The topological polar surface area (TPSA) is 319 Å². The highest BCUT2D eigenvalue weighted by atomic mass is 16.4. The van der Waals surface area contributed by atoms with Crippen molar-refractivity contribution in [3.8, 4) is 0 Å². The molecule has 13 N–H and O–H groups in total. The molecule has 2 fully saturated rings. The van der Waals surface area contributed by atoms with E-state index in [9.17, 15) is 43.8 Å². The number of guanidine groups is 1. The molecule has 2 rings (SSSR count). The zero-order chi connectivity index (χ0) is 33.0. The van der Waals surface area contributed by atoms with Crippen molar-refractivity contribution in [1.82, 2.24) is 25.8 Å². The van der Waals surface area contributed by atoms with Crippen molar-refractivity contribution in [2.45, 2.75) is 75.2 Å². The number of amides is 6. The van der Waals surface area contributed by atoms with Crippen LogP contribution in [0.5, 0.6) is 0 Å². The van der Waals surface area contributed by atoms with E-state index in [1.54, 1.807) is 0 Å². The van der Waals surface area contributed by atoms with Gasteiger partial charge in [-0.05, 0) is 38.5 Å². The van der Waals surface area contributed by atoms with Crippen LogP contribution in [0.3, 0.4) is 0 Å². The van der Waals surface area contributed by atoms with Crippen LogP contribution in [0.4, 0.5) is 0 Å². The molecule has 19 heteroatoms. The van der Waals surface area contributed by atoms with E-state index in [0.717, 1.165) is 4.90 Å². The fraction of sp³-hybridized carbons (Fsp3) is 0.680.